The van der Waals surface area contributed by atoms with Crippen LogP contribution in [0.2, 0.25) is 5.02 Å². The van der Waals surface area contributed by atoms with E-state index in [4.69, 9.17) is 11.6 Å². The third-order valence-electron chi connectivity index (χ3n) is 2.53. The van der Waals surface area contributed by atoms with Gasteiger partial charge in [-0.25, -0.2) is 9.67 Å². The van der Waals surface area contributed by atoms with E-state index >= 15 is 0 Å². The molecule has 5 heteroatoms. The molecular weight excluding hydrogens is 248 g/mol. The second-order valence-electron chi connectivity index (χ2n) is 4.56. The first-order valence-corrected chi connectivity index (χ1v) is 6.41. The van der Waals surface area contributed by atoms with Gasteiger partial charge < -0.3 is 5.32 Å². The van der Waals surface area contributed by atoms with E-state index in [-0.39, 0.29) is 0 Å². The van der Waals surface area contributed by atoms with Crippen molar-refractivity contribution in [3.05, 3.63) is 41.4 Å². The van der Waals surface area contributed by atoms with Crippen LogP contribution in [0.25, 0.3) is 5.69 Å². The third kappa shape index (κ3) is 3.09. The second-order valence-corrected chi connectivity index (χ2v) is 4.97. The zero-order chi connectivity index (χ0) is 13.0. The van der Waals surface area contributed by atoms with Crippen molar-refractivity contribution < 1.29 is 0 Å². The molecule has 0 fully saturated rings. The molecule has 1 heterocycles. The molecule has 0 spiro atoms. The lowest BCUT2D eigenvalue weighted by Crippen LogP contribution is -2.21. The summed E-state index contributed by atoms with van der Waals surface area (Å²) in [6.07, 6.45) is 1.55. The van der Waals surface area contributed by atoms with Crippen LogP contribution in [-0.4, -0.2) is 21.3 Å². The van der Waals surface area contributed by atoms with E-state index in [9.17, 15) is 0 Å². The highest BCUT2D eigenvalue weighted by Crippen LogP contribution is 2.19. The number of halogens is 1. The molecule has 0 aliphatic carbocycles. The Morgan fingerprint density at radius 1 is 1.33 bits per heavy atom. The molecule has 4 nitrogen and oxygen atoms in total. The molecule has 0 unspecified atom stereocenters. The summed E-state index contributed by atoms with van der Waals surface area (Å²) in [5.74, 6) is 1.48. The number of aromatic nitrogens is 3. The van der Waals surface area contributed by atoms with Crippen molar-refractivity contribution in [3.8, 4) is 5.69 Å². The number of nitrogens with zero attached hydrogens (tertiary/aromatic N) is 3. The van der Waals surface area contributed by atoms with E-state index in [0.717, 1.165) is 18.1 Å². The van der Waals surface area contributed by atoms with Crippen LogP contribution in [0.1, 0.15) is 19.7 Å². The summed E-state index contributed by atoms with van der Waals surface area (Å²) in [7, 11) is 0. The normalized spacial score (nSPS) is 11.1. The van der Waals surface area contributed by atoms with Crippen molar-refractivity contribution in [2.45, 2.75) is 20.4 Å². The average molecular weight is 265 g/mol. The van der Waals surface area contributed by atoms with E-state index in [1.54, 1.807) is 11.0 Å². The van der Waals surface area contributed by atoms with Crippen molar-refractivity contribution in [3.63, 3.8) is 0 Å². The molecule has 18 heavy (non-hydrogen) atoms. The van der Waals surface area contributed by atoms with Crippen molar-refractivity contribution in [1.29, 1.82) is 0 Å². The number of nitrogens with one attached hydrogen (secondary N) is 1. The Kier molecular flexibility index (Phi) is 4.33. The number of hydrogen-bond acceptors (Lipinski definition) is 3. The maximum Gasteiger partial charge on any atom is 0.146 e. The summed E-state index contributed by atoms with van der Waals surface area (Å²) in [6, 6.07) is 7.63. The zero-order valence-corrected chi connectivity index (χ0v) is 11.4. The fourth-order valence-corrected chi connectivity index (χ4v) is 1.90. The van der Waals surface area contributed by atoms with Crippen molar-refractivity contribution in [2.75, 3.05) is 6.54 Å². The van der Waals surface area contributed by atoms with Crippen LogP contribution >= 0.6 is 11.6 Å². The third-order valence-corrected chi connectivity index (χ3v) is 2.85. The number of hydrogen-bond donors (Lipinski definition) is 1. The van der Waals surface area contributed by atoms with Crippen LogP contribution < -0.4 is 5.32 Å². The smallest absolute Gasteiger partial charge is 0.146 e. The summed E-state index contributed by atoms with van der Waals surface area (Å²) >= 11 is 6.16. The predicted octanol–water partition coefficient (Wildman–Crippen LogP) is 2.67. The minimum atomic E-state index is 0.613. The van der Waals surface area contributed by atoms with Gasteiger partial charge in [0.25, 0.3) is 0 Å². The molecule has 0 saturated heterocycles. The molecular formula is C13H17ClN4. The lowest BCUT2D eigenvalue weighted by atomic mass is 10.2. The van der Waals surface area contributed by atoms with Crippen LogP contribution in [0.3, 0.4) is 0 Å². The van der Waals surface area contributed by atoms with Crippen molar-refractivity contribution in [1.82, 2.24) is 20.1 Å². The number of benzene rings is 1. The zero-order valence-electron chi connectivity index (χ0n) is 10.6. The number of para-hydroxylation sites is 1. The largest absolute Gasteiger partial charge is 0.310 e. The Balaban J connectivity index is 2.15. The lowest BCUT2D eigenvalue weighted by molar-refractivity contribution is 0.538. The van der Waals surface area contributed by atoms with Crippen LogP contribution in [0.5, 0.6) is 0 Å². The molecule has 2 aromatic rings. The maximum absolute atomic E-state index is 6.16. The molecule has 0 atom stereocenters. The van der Waals surface area contributed by atoms with Gasteiger partial charge in [0, 0.05) is 0 Å². The minimum Gasteiger partial charge on any atom is -0.310 e. The SMILES string of the molecule is CC(C)CNCc1ncnn1-c1ccccc1Cl. The maximum atomic E-state index is 6.16. The average Bonchev–Trinajstić information content (AvgIpc) is 2.77. The molecule has 2 rings (SSSR count). The highest BCUT2D eigenvalue weighted by atomic mass is 35.5. The summed E-state index contributed by atoms with van der Waals surface area (Å²) < 4.78 is 1.77. The molecule has 0 saturated carbocycles. The Hall–Kier alpha value is -1.39. The van der Waals surface area contributed by atoms with E-state index in [1.807, 2.05) is 24.3 Å². The lowest BCUT2D eigenvalue weighted by Gasteiger charge is -2.09. The molecule has 0 bridgehead atoms. The minimum absolute atomic E-state index is 0.613. The highest BCUT2D eigenvalue weighted by Gasteiger charge is 2.09. The quantitative estimate of drug-likeness (QED) is 0.903. The first-order valence-electron chi connectivity index (χ1n) is 6.03. The highest BCUT2D eigenvalue weighted by molar-refractivity contribution is 6.32. The van der Waals surface area contributed by atoms with Crippen LogP contribution in [0.4, 0.5) is 0 Å². The van der Waals surface area contributed by atoms with Gasteiger partial charge in [0.2, 0.25) is 0 Å². The number of rotatable bonds is 5. The molecule has 1 aromatic heterocycles. The summed E-state index contributed by atoms with van der Waals surface area (Å²) in [4.78, 5) is 4.26. The molecule has 0 radical (unpaired) electrons. The van der Waals surface area contributed by atoms with Gasteiger partial charge in [0.15, 0.2) is 0 Å². The van der Waals surface area contributed by atoms with Gasteiger partial charge in [-0.05, 0) is 24.6 Å². The summed E-state index contributed by atoms with van der Waals surface area (Å²) in [5, 5.41) is 8.25. The van der Waals surface area contributed by atoms with Crippen molar-refractivity contribution in [2.24, 2.45) is 5.92 Å². The van der Waals surface area contributed by atoms with E-state index in [1.165, 1.54) is 0 Å². The predicted molar refractivity (Wildman–Crippen MR) is 72.9 cm³/mol. The van der Waals surface area contributed by atoms with Gasteiger partial charge >= 0.3 is 0 Å². The second kappa shape index (κ2) is 5.98. The van der Waals surface area contributed by atoms with Crippen LogP contribution in [-0.2, 0) is 6.54 Å². The topological polar surface area (TPSA) is 42.7 Å². The van der Waals surface area contributed by atoms with Gasteiger partial charge in [-0.15, -0.1) is 0 Å². The molecule has 0 aliphatic heterocycles. The molecule has 0 aliphatic rings. The van der Waals surface area contributed by atoms with Gasteiger partial charge in [0.1, 0.15) is 12.2 Å². The monoisotopic (exact) mass is 264 g/mol. The van der Waals surface area contributed by atoms with Gasteiger partial charge in [-0.3, -0.25) is 0 Å². The fourth-order valence-electron chi connectivity index (χ4n) is 1.68. The summed E-state index contributed by atoms with van der Waals surface area (Å²) in [6.45, 7) is 5.98. The molecule has 1 aromatic carbocycles. The van der Waals surface area contributed by atoms with E-state index < -0.39 is 0 Å². The van der Waals surface area contributed by atoms with Crippen molar-refractivity contribution >= 4 is 11.6 Å². The summed E-state index contributed by atoms with van der Waals surface area (Å²) in [5.41, 5.74) is 0.859. The van der Waals surface area contributed by atoms with Gasteiger partial charge in [0.05, 0.1) is 17.3 Å². The molecule has 1 N–H and O–H groups in total. The van der Waals surface area contributed by atoms with E-state index in [2.05, 4.69) is 29.2 Å². The first-order chi connectivity index (χ1) is 8.68. The first kappa shape index (κ1) is 13.1. The standard InChI is InChI=1S/C13H17ClN4/c1-10(2)7-15-8-13-16-9-17-18(13)12-6-4-3-5-11(12)14/h3-6,9-10,15H,7-8H2,1-2H3. The van der Waals surface area contributed by atoms with Gasteiger partial charge in [-0.1, -0.05) is 37.6 Å². The van der Waals surface area contributed by atoms with Crippen LogP contribution in [0, 0.1) is 5.92 Å². The fraction of sp³-hybridized carbons (Fsp3) is 0.385. The van der Waals surface area contributed by atoms with Crippen LogP contribution in [0.15, 0.2) is 30.6 Å². The Morgan fingerprint density at radius 3 is 2.83 bits per heavy atom. The molecule has 96 valence electrons. The Labute approximate surface area is 112 Å². The Morgan fingerprint density at radius 2 is 2.11 bits per heavy atom. The van der Waals surface area contributed by atoms with E-state index in [0.29, 0.717) is 17.5 Å². The Bertz CT molecular complexity index is 507. The van der Waals surface area contributed by atoms with Gasteiger partial charge in [-0.2, -0.15) is 5.10 Å². The molecule has 0 amide bonds.